The fourth-order valence-corrected chi connectivity index (χ4v) is 2.98. The quantitative estimate of drug-likeness (QED) is 0.863. The average Bonchev–Trinajstić information content (AvgIpc) is 2.50. The Hall–Kier alpha value is -0.810. The summed E-state index contributed by atoms with van der Waals surface area (Å²) in [6.45, 7) is 5.05. The van der Waals surface area contributed by atoms with Crippen LogP contribution in [-0.2, 0) is 0 Å². The van der Waals surface area contributed by atoms with E-state index in [0.717, 1.165) is 31.8 Å². The number of carbonyl (C=O) groups is 1. The molecule has 0 bridgehead atoms. The molecule has 2 rings (SSSR count). The normalized spacial score (nSPS) is 18.2. The molecule has 1 saturated heterocycles. The number of β-amino-alcohol motifs (C(OH)–C–C–N with tert-alkyl or cyclic N) is 1. The van der Waals surface area contributed by atoms with Gasteiger partial charge in [0.1, 0.15) is 0 Å². The molecular weight excluding hydrogens is 323 g/mol. The van der Waals surface area contributed by atoms with Crippen LogP contribution in [0.4, 0.5) is 0 Å². The standard InChI is InChI=1S/C16H22Cl2N2O2/c1-11-5-7-20(8-6-11)10-12(21)9-19-16(22)13-3-2-4-14(17)15(13)18/h2-4,11-12,21H,5-10H2,1H3,(H,19,22). The SMILES string of the molecule is CC1CCN(CC(O)CNC(=O)c2cccc(Cl)c2Cl)CC1. The van der Waals surface area contributed by atoms with Gasteiger partial charge in [0.05, 0.1) is 21.7 Å². The van der Waals surface area contributed by atoms with Gasteiger partial charge in [0.25, 0.3) is 5.91 Å². The van der Waals surface area contributed by atoms with Gasteiger partial charge in [0.2, 0.25) is 0 Å². The van der Waals surface area contributed by atoms with Crippen molar-refractivity contribution in [3.8, 4) is 0 Å². The number of aliphatic hydroxyl groups is 1. The molecule has 1 amide bonds. The summed E-state index contributed by atoms with van der Waals surface area (Å²) in [5, 5.41) is 13.4. The molecule has 1 aromatic carbocycles. The van der Waals surface area contributed by atoms with E-state index in [1.54, 1.807) is 18.2 Å². The molecule has 1 aliphatic heterocycles. The minimum Gasteiger partial charge on any atom is -0.390 e. The molecule has 0 radical (unpaired) electrons. The Kier molecular flexibility index (Phi) is 6.50. The summed E-state index contributed by atoms with van der Waals surface area (Å²) in [5.74, 6) is 0.442. The van der Waals surface area contributed by atoms with Gasteiger partial charge in [-0.2, -0.15) is 0 Å². The molecule has 0 spiro atoms. The molecule has 1 heterocycles. The van der Waals surface area contributed by atoms with Crippen molar-refractivity contribution in [1.82, 2.24) is 10.2 Å². The summed E-state index contributed by atoms with van der Waals surface area (Å²) in [6, 6.07) is 4.92. The first-order chi connectivity index (χ1) is 10.5. The van der Waals surface area contributed by atoms with Crippen LogP contribution < -0.4 is 5.32 Å². The van der Waals surface area contributed by atoms with Crippen LogP contribution in [0.25, 0.3) is 0 Å². The Balaban J connectivity index is 1.79. The lowest BCUT2D eigenvalue weighted by Crippen LogP contribution is -2.43. The van der Waals surface area contributed by atoms with Gasteiger partial charge in [0, 0.05) is 13.1 Å². The molecule has 0 aromatic heterocycles. The first kappa shape index (κ1) is 17.5. The zero-order valence-electron chi connectivity index (χ0n) is 12.7. The van der Waals surface area contributed by atoms with Gasteiger partial charge in [-0.15, -0.1) is 0 Å². The highest BCUT2D eigenvalue weighted by molar-refractivity contribution is 6.43. The number of hydrogen-bond donors (Lipinski definition) is 2. The van der Waals surface area contributed by atoms with E-state index in [9.17, 15) is 9.90 Å². The Labute approximate surface area is 141 Å². The predicted molar refractivity (Wildman–Crippen MR) is 89.6 cm³/mol. The van der Waals surface area contributed by atoms with E-state index < -0.39 is 6.10 Å². The lowest BCUT2D eigenvalue weighted by Gasteiger charge is -2.31. The topological polar surface area (TPSA) is 52.6 Å². The van der Waals surface area contributed by atoms with Crippen molar-refractivity contribution in [2.45, 2.75) is 25.9 Å². The van der Waals surface area contributed by atoms with Crippen LogP contribution in [0.1, 0.15) is 30.1 Å². The van der Waals surface area contributed by atoms with Crippen molar-refractivity contribution < 1.29 is 9.90 Å². The highest BCUT2D eigenvalue weighted by Crippen LogP contribution is 2.25. The molecule has 6 heteroatoms. The van der Waals surface area contributed by atoms with Crippen LogP contribution in [0.3, 0.4) is 0 Å². The zero-order valence-corrected chi connectivity index (χ0v) is 14.2. The number of aliphatic hydroxyl groups excluding tert-OH is 1. The third-order valence-corrected chi connectivity index (χ3v) is 4.86. The number of nitrogens with one attached hydrogen (secondary N) is 1. The number of benzene rings is 1. The van der Waals surface area contributed by atoms with Crippen molar-refractivity contribution in [2.75, 3.05) is 26.2 Å². The Morgan fingerprint density at radius 3 is 2.77 bits per heavy atom. The molecule has 2 N–H and O–H groups in total. The Morgan fingerprint density at radius 1 is 1.41 bits per heavy atom. The minimum atomic E-state index is -0.588. The monoisotopic (exact) mass is 344 g/mol. The number of carbonyl (C=O) groups excluding carboxylic acids is 1. The number of rotatable bonds is 5. The van der Waals surface area contributed by atoms with Gasteiger partial charge in [-0.05, 0) is 44.0 Å². The summed E-state index contributed by atoms with van der Waals surface area (Å²) in [6.07, 6.45) is 1.74. The van der Waals surface area contributed by atoms with Gasteiger partial charge in [0.15, 0.2) is 0 Å². The fourth-order valence-electron chi connectivity index (χ4n) is 2.59. The first-order valence-electron chi connectivity index (χ1n) is 7.60. The van der Waals surface area contributed by atoms with Crippen molar-refractivity contribution >= 4 is 29.1 Å². The van der Waals surface area contributed by atoms with Crippen molar-refractivity contribution in [3.05, 3.63) is 33.8 Å². The smallest absolute Gasteiger partial charge is 0.252 e. The molecule has 1 fully saturated rings. The molecule has 22 heavy (non-hydrogen) atoms. The van der Waals surface area contributed by atoms with Crippen molar-refractivity contribution in [1.29, 1.82) is 0 Å². The molecule has 122 valence electrons. The third-order valence-electron chi connectivity index (χ3n) is 4.04. The van der Waals surface area contributed by atoms with Crippen LogP contribution in [0, 0.1) is 5.92 Å². The summed E-state index contributed by atoms with van der Waals surface area (Å²) >= 11 is 11.9. The maximum absolute atomic E-state index is 12.1. The Morgan fingerprint density at radius 2 is 2.09 bits per heavy atom. The molecule has 0 saturated carbocycles. The second kappa shape index (κ2) is 8.16. The number of likely N-dealkylation sites (tertiary alicyclic amines) is 1. The number of amides is 1. The average molecular weight is 345 g/mol. The van der Waals surface area contributed by atoms with E-state index in [0.29, 0.717) is 17.1 Å². The van der Waals surface area contributed by atoms with E-state index in [1.807, 2.05) is 0 Å². The molecular formula is C16H22Cl2N2O2. The van der Waals surface area contributed by atoms with Crippen LogP contribution in [0.15, 0.2) is 18.2 Å². The molecule has 4 nitrogen and oxygen atoms in total. The van der Waals surface area contributed by atoms with Crippen LogP contribution in [-0.4, -0.2) is 48.2 Å². The molecule has 1 unspecified atom stereocenters. The largest absolute Gasteiger partial charge is 0.390 e. The minimum absolute atomic E-state index is 0.202. The lowest BCUT2D eigenvalue weighted by molar-refractivity contribution is 0.0795. The number of piperidine rings is 1. The highest BCUT2D eigenvalue weighted by Gasteiger charge is 2.19. The van der Waals surface area contributed by atoms with E-state index in [1.165, 1.54) is 0 Å². The third kappa shape index (κ3) is 4.85. The van der Waals surface area contributed by atoms with Gasteiger partial charge in [-0.1, -0.05) is 36.2 Å². The summed E-state index contributed by atoms with van der Waals surface area (Å²) in [5.41, 5.74) is 0.327. The lowest BCUT2D eigenvalue weighted by atomic mass is 9.99. The van der Waals surface area contributed by atoms with Crippen molar-refractivity contribution in [2.24, 2.45) is 5.92 Å². The van der Waals surface area contributed by atoms with E-state index in [-0.39, 0.29) is 17.5 Å². The van der Waals surface area contributed by atoms with Crippen molar-refractivity contribution in [3.63, 3.8) is 0 Å². The number of halogens is 2. The van der Waals surface area contributed by atoms with Gasteiger partial charge in [-0.25, -0.2) is 0 Å². The van der Waals surface area contributed by atoms with E-state index in [4.69, 9.17) is 23.2 Å². The van der Waals surface area contributed by atoms with Crippen LogP contribution in [0.2, 0.25) is 10.0 Å². The van der Waals surface area contributed by atoms with Crippen LogP contribution in [0.5, 0.6) is 0 Å². The zero-order chi connectivity index (χ0) is 16.1. The second-order valence-corrected chi connectivity index (χ2v) is 6.73. The second-order valence-electron chi connectivity index (χ2n) is 5.95. The van der Waals surface area contributed by atoms with E-state index >= 15 is 0 Å². The van der Waals surface area contributed by atoms with Gasteiger partial charge >= 0.3 is 0 Å². The first-order valence-corrected chi connectivity index (χ1v) is 8.35. The fraction of sp³-hybridized carbons (Fsp3) is 0.562. The van der Waals surface area contributed by atoms with Gasteiger partial charge in [-0.3, -0.25) is 4.79 Å². The predicted octanol–water partition coefficient (Wildman–Crippen LogP) is 2.82. The Bertz CT molecular complexity index is 517. The van der Waals surface area contributed by atoms with E-state index in [2.05, 4.69) is 17.1 Å². The molecule has 1 atom stereocenters. The summed E-state index contributed by atoms with van der Waals surface area (Å²) in [4.78, 5) is 14.3. The number of nitrogens with zero attached hydrogens (tertiary/aromatic N) is 1. The summed E-state index contributed by atoms with van der Waals surface area (Å²) < 4.78 is 0. The molecule has 1 aliphatic rings. The summed E-state index contributed by atoms with van der Waals surface area (Å²) in [7, 11) is 0. The van der Waals surface area contributed by atoms with Crippen LogP contribution >= 0.6 is 23.2 Å². The molecule has 1 aromatic rings. The maximum atomic E-state index is 12.1. The van der Waals surface area contributed by atoms with Gasteiger partial charge < -0.3 is 15.3 Å². The number of hydrogen-bond acceptors (Lipinski definition) is 3. The maximum Gasteiger partial charge on any atom is 0.252 e. The highest BCUT2D eigenvalue weighted by atomic mass is 35.5. The molecule has 0 aliphatic carbocycles.